The Bertz CT molecular complexity index is 1230. The number of urea groups is 1. The number of carbonyl (C=O) groups is 2. The molecule has 3 aromatic carbocycles. The summed E-state index contributed by atoms with van der Waals surface area (Å²) in [5.41, 5.74) is 2.11. The van der Waals surface area contributed by atoms with Crippen molar-refractivity contribution in [3.05, 3.63) is 89.5 Å². The van der Waals surface area contributed by atoms with E-state index in [1.54, 1.807) is 30.2 Å². The van der Waals surface area contributed by atoms with E-state index in [1.165, 1.54) is 0 Å². The summed E-state index contributed by atoms with van der Waals surface area (Å²) in [6.07, 6.45) is 0.599. The summed E-state index contributed by atoms with van der Waals surface area (Å²) in [6.45, 7) is 2.27. The molecule has 2 aliphatic heterocycles. The van der Waals surface area contributed by atoms with E-state index in [9.17, 15) is 9.59 Å². The molecule has 2 heterocycles. The van der Waals surface area contributed by atoms with E-state index in [-0.39, 0.29) is 18.0 Å². The molecule has 0 aromatic heterocycles. The number of para-hydroxylation sites is 1. The normalized spacial score (nSPS) is 20.8. The van der Waals surface area contributed by atoms with E-state index in [2.05, 4.69) is 10.6 Å². The number of benzene rings is 3. The van der Waals surface area contributed by atoms with Gasteiger partial charge in [-0.3, -0.25) is 9.69 Å². The zero-order chi connectivity index (χ0) is 23.0. The predicted octanol–water partition coefficient (Wildman–Crippen LogP) is 4.39. The molecule has 3 aromatic rings. The monoisotopic (exact) mass is 443 g/mol. The SMILES string of the molecule is COc1cccc(CNC(=O)c2cccc(N3C(=O)NC4CC3(C)Oc3ccccc34)c2)c1. The van der Waals surface area contributed by atoms with E-state index < -0.39 is 5.72 Å². The number of hydrogen-bond donors (Lipinski definition) is 2. The Labute approximate surface area is 192 Å². The molecular formula is C26H25N3O4. The highest BCUT2D eigenvalue weighted by molar-refractivity contribution is 5.99. The maximum Gasteiger partial charge on any atom is 0.325 e. The quantitative estimate of drug-likeness (QED) is 0.613. The molecular weight excluding hydrogens is 418 g/mol. The van der Waals surface area contributed by atoms with Crippen molar-refractivity contribution in [2.75, 3.05) is 12.0 Å². The number of rotatable bonds is 5. The summed E-state index contributed by atoms with van der Waals surface area (Å²) in [4.78, 5) is 27.5. The molecule has 2 unspecified atom stereocenters. The average Bonchev–Trinajstić information content (AvgIpc) is 2.82. The lowest BCUT2D eigenvalue weighted by atomic mass is 9.90. The number of nitrogens with one attached hydrogen (secondary N) is 2. The molecule has 1 saturated heterocycles. The van der Waals surface area contributed by atoms with Gasteiger partial charge in [0, 0.05) is 24.1 Å². The van der Waals surface area contributed by atoms with Crippen LogP contribution in [0.15, 0.2) is 72.8 Å². The van der Waals surface area contributed by atoms with E-state index >= 15 is 0 Å². The van der Waals surface area contributed by atoms with Crippen molar-refractivity contribution in [1.29, 1.82) is 0 Å². The van der Waals surface area contributed by atoms with Crippen LogP contribution >= 0.6 is 0 Å². The molecule has 2 bridgehead atoms. The van der Waals surface area contributed by atoms with Gasteiger partial charge in [0.15, 0.2) is 5.72 Å². The molecule has 33 heavy (non-hydrogen) atoms. The van der Waals surface area contributed by atoms with Crippen LogP contribution < -0.4 is 25.0 Å². The Morgan fingerprint density at radius 2 is 1.97 bits per heavy atom. The van der Waals surface area contributed by atoms with Crippen molar-refractivity contribution in [2.45, 2.75) is 31.7 Å². The Morgan fingerprint density at radius 3 is 2.82 bits per heavy atom. The molecule has 5 rings (SSSR count). The van der Waals surface area contributed by atoms with Gasteiger partial charge in [-0.25, -0.2) is 4.79 Å². The van der Waals surface area contributed by atoms with E-state index in [0.29, 0.717) is 24.2 Å². The van der Waals surface area contributed by atoms with Crippen LogP contribution in [0.3, 0.4) is 0 Å². The highest BCUT2D eigenvalue weighted by Crippen LogP contribution is 2.45. The third-order valence-corrected chi connectivity index (χ3v) is 6.13. The molecule has 0 aliphatic carbocycles. The second-order valence-electron chi connectivity index (χ2n) is 8.44. The van der Waals surface area contributed by atoms with Gasteiger partial charge in [0.25, 0.3) is 5.91 Å². The lowest BCUT2D eigenvalue weighted by Gasteiger charge is -2.50. The molecule has 2 atom stereocenters. The molecule has 7 heteroatoms. The summed E-state index contributed by atoms with van der Waals surface area (Å²) in [5, 5.41) is 6.01. The lowest BCUT2D eigenvalue weighted by Crippen LogP contribution is -2.65. The maximum absolute atomic E-state index is 13.1. The number of nitrogens with zero attached hydrogens (tertiary/aromatic N) is 1. The zero-order valence-electron chi connectivity index (χ0n) is 18.5. The molecule has 3 amide bonds. The number of carbonyl (C=O) groups excluding carboxylic acids is 2. The Balaban J connectivity index is 1.37. The maximum atomic E-state index is 13.1. The number of fused-ring (bicyclic) bond motifs is 4. The smallest absolute Gasteiger partial charge is 0.325 e. The number of amides is 3. The summed E-state index contributed by atoms with van der Waals surface area (Å²) in [6, 6.07) is 22.0. The minimum absolute atomic E-state index is 0.113. The van der Waals surface area contributed by atoms with Crippen molar-refractivity contribution in [3.63, 3.8) is 0 Å². The van der Waals surface area contributed by atoms with Crippen LogP contribution in [0.25, 0.3) is 0 Å². The van der Waals surface area contributed by atoms with Crippen molar-refractivity contribution >= 4 is 17.6 Å². The lowest BCUT2D eigenvalue weighted by molar-refractivity contribution is 0.0378. The minimum Gasteiger partial charge on any atom is -0.497 e. The topological polar surface area (TPSA) is 79.9 Å². The van der Waals surface area contributed by atoms with E-state index in [0.717, 1.165) is 22.6 Å². The van der Waals surface area contributed by atoms with Crippen LogP contribution in [-0.2, 0) is 6.54 Å². The fourth-order valence-electron chi connectivity index (χ4n) is 4.57. The molecule has 2 N–H and O–H groups in total. The zero-order valence-corrected chi connectivity index (χ0v) is 18.5. The average molecular weight is 444 g/mol. The van der Waals surface area contributed by atoms with Crippen LogP contribution in [0.2, 0.25) is 0 Å². The fraction of sp³-hybridized carbons (Fsp3) is 0.231. The van der Waals surface area contributed by atoms with Crippen LogP contribution in [0.5, 0.6) is 11.5 Å². The van der Waals surface area contributed by atoms with Crippen molar-refractivity contribution in [3.8, 4) is 11.5 Å². The molecule has 0 saturated carbocycles. The van der Waals surface area contributed by atoms with Crippen molar-refractivity contribution in [1.82, 2.24) is 10.6 Å². The standard InChI is InChI=1S/C26H25N3O4/c1-26-15-22(21-11-3-4-12-23(21)33-26)28-25(31)29(26)19-9-6-8-18(14-19)24(30)27-16-17-7-5-10-20(13-17)32-2/h3-14,22H,15-16H2,1-2H3,(H,27,30)(H,28,31). The third kappa shape index (κ3) is 3.86. The van der Waals surface area contributed by atoms with Crippen LogP contribution in [-0.4, -0.2) is 24.8 Å². The summed E-state index contributed by atoms with van der Waals surface area (Å²) >= 11 is 0. The highest BCUT2D eigenvalue weighted by atomic mass is 16.5. The van der Waals surface area contributed by atoms with Gasteiger partial charge in [0.2, 0.25) is 0 Å². The first-order valence-corrected chi connectivity index (χ1v) is 10.9. The minimum atomic E-state index is -0.864. The van der Waals surface area contributed by atoms with Crippen LogP contribution in [0, 0.1) is 0 Å². The molecule has 0 radical (unpaired) electrons. The molecule has 2 aliphatic rings. The highest BCUT2D eigenvalue weighted by Gasteiger charge is 2.49. The van der Waals surface area contributed by atoms with Crippen LogP contribution in [0.1, 0.15) is 40.9 Å². The van der Waals surface area contributed by atoms with Gasteiger partial charge in [-0.05, 0) is 48.9 Å². The molecule has 168 valence electrons. The van der Waals surface area contributed by atoms with Crippen LogP contribution in [0.4, 0.5) is 10.5 Å². The van der Waals surface area contributed by atoms with Gasteiger partial charge in [-0.1, -0.05) is 36.4 Å². The van der Waals surface area contributed by atoms with Gasteiger partial charge in [-0.2, -0.15) is 0 Å². The first-order valence-electron chi connectivity index (χ1n) is 10.9. The van der Waals surface area contributed by atoms with Crippen molar-refractivity contribution in [2.24, 2.45) is 0 Å². The first kappa shape index (κ1) is 20.9. The van der Waals surface area contributed by atoms with Crippen molar-refractivity contribution < 1.29 is 19.1 Å². The first-order chi connectivity index (χ1) is 16.0. The largest absolute Gasteiger partial charge is 0.497 e. The van der Waals surface area contributed by atoms with Gasteiger partial charge < -0.3 is 20.1 Å². The van der Waals surface area contributed by atoms with Gasteiger partial charge in [0.05, 0.1) is 18.8 Å². The Hall–Kier alpha value is -4.00. The second kappa shape index (κ2) is 8.16. The number of ether oxygens (including phenoxy) is 2. The second-order valence-corrected chi connectivity index (χ2v) is 8.44. The number of anilines is 1. The van der Waals surface area contributed by atoms with Gasteiger partial charge >= 0.3 is 6.03 Å². The number of methoxy groups -OCH3 is 1. The summed E-state index contributed by atoms with van der Waals surface area (Å²) in [7, 11) is 1.61. The summed E-state index contributed by atoms with van der Waals surface area (Å²) in [5.74, 6) is 1.27. The van der Waals surface area contributed by atoms with Gasteiger partial charge in [-0.15, -0.1) is 0 Å². The van der Waals surface area contributed by atoms with E-state index in [4.69, 9.17) is 9.47 Å². The molecule has 0 spiro atoms. The molecule has 1 fully saturated rings. The van der Waals surface area contributed by atoms with Gasteiger partial charge in [0.1, 0.15) is 11.5 Å². The summed E-state index contributed by atoms with van der Waals surface area (Å²) < 4.78 is 11.5. The fourth-order valence-corrected chi connectivity index (χ4v) is 4.57. The Kier molecular flexibility index (Phi) is 5.17. The predicted molar refractivity (Wildman–Crippen MR) is 124 cm³/mol. The van der Waals surface area contributed by atoms with E-state index in [1.807, 2.05) is 61.5 Å². The molecule has 7 nitrogen and oxygen atoms in total. The third-order valence-electron chi connectivity index (χ3n) is 6.13. The number of hydrogen-bond acceptors (Lipinski definition) is 4. The Morgan fingerprint density at radius 1 is 1.15 bits per heavy atom.